The molecule has 4 aliphatic rings. The van der Waals surface area contributed by atoms with Gasteiger partial charge in [-0.05, 0) is 112 Å². The number of carbonyl (C=O) groups excluding carboxylic acids is 1. The van der Waals surface area contributed by atoms with E-state index >= 15 is 0 Å². The topological polar surface area (TPSA) is 26.3 Å². The third-order valence-electron chi connectivity index (χ3n) is 12.0. The summed E-state index contributed by atoms with van der Waals surface area (Å²) in [6.45, 7) is 18.8. The second kappa shape index (κ2) is 10.8. The van der Waals surface area contributed by atoms with Gasteiger partial charge in [-0.1, -0.05) is 78.9 Å². The van der Waals surface area contributed by atoms with E-state index in [4.69, 9.17) is 4.74 Å². The molecule has 8 atom stereocenters. The van der Waals surface area contributed by atoms with Crippen molar-refractivity contribution >= 4 is 5.97 Å². The van der Waals surface area contributed by atoms with E-state index in [1.807, 2.05) is 0 Å². The minimum atomic E-state index is -0.361. The molecule has 4 rings (SSSR count). The Morgan fingerprint density at radius 3 is 2.50 bits per heavy atom. The lowest BCUT2D eigenvalue weighted by Crippen LogP contribution is -2.51. The summed E-state index contributed by atoms with van der Waals surface area (Å²) in [4.78, 5) is 12.9. The van der Waals surface area contributed by atoms with Gasteiger partial charge in [-0.25, -0.2) is 0 Å². The molecule has 0 aromatic rings. The van der Waals surface area contributed by atoms with Crippen molar-refractivity contribution in [2.45, 2.75) is 145 Å². The molecule has 0 amide bonds. The molecule has 0 spiro atoms. The maximum Gasteiger partial charge on any atom is 0.311 e. The monoisotopic (exact) mass is 498 g/mol. The molecule has 0 bridgehead atoms. The summed E-state index contributed by atoms with van der Waals surface area (Å²) in [5.74, 6) is 5.27. The van der Waals surface area contributed by atoms with Crippen LogP contribution in [-0.2, 0) is 9.53 Å². The lowest BCUT2D eigenvalue weighted by Gasteiger charge is -2.58. The highest BCUT2D eigenvalue weighted by Gasteiger charge is 2.59. The summed E-state index contributed by atoms with van der Waals surface area (Å²) in [7, 11) is 0. The van der Waals surface area contributed by atoms with Crippen LogP contribution in [-0.4, -0.2) is 12.1 Å². The molecule has 206 valence electrons. The summed E-state index contributed by atoms with van der Waals surface area (Å²) in [5.41, 5.74) is 2.15. The zero-order valence-electron chi connectivity index (χ0n) is 25.1. The fourth-order valence-electron chi connectivity index (χ4n) is 9.79. The number of fused-ring (bicyclic) bond motifs is 5. The zero-order chi connectivity index (χ0) is 26.3. The third kappa shape index (κ3) is 5.22. The first-order valence-electron chi connectivity index (χ1n) is 15.8. The van der Waals surface area contributed by atoms with Crippen molar-refractivity contribution < 1.29 is 9.53 Å². The quantitative estimate of drug-likeness (QED) is 0.233. The summed E-state index contributed by atoms with van der Waals surface area (Å²) in [6, 6.07) is 0. The van der Waals surface area contributed by atoms with Crippen molar-refractivity contribution in [1.82, 2.24) is 0 Å². The van der Waals surface area contributed by atoms with E-state index in [1.165, 1.54) is 57.8 Å². The molecule has 0 unspecified atom stereocenters. The van der Waals surface area contributed by atoms with E-state index in [-0.39, 0.29) is 17.5 Å². The smallest absolute Gasteiger partial charge is 0.311 e. The minimum absolute atomic E-state index is 0.0141. The van der Waals surface area contributed by atoms with E-state index < -0.39 is 0 Å². The van der Waals surface area contributed by atoms with Crippen LogP contribution in [0.1, 0.15) is 139 Å². The first-order valence-corrected chi connectivity index (χ1v) is 15.8. The second-order valence-electron chi connectivity index (χ2n) is 15.2. The summed E-state index contributed by atoms with van der Waals surface area (Å²) in [5, 5.41) is 0. The molecule has 0 heterocycles. The number of esters is 1. The molecule has 0 saturated heterocycles. The number of hydrogen-bond donors (Lipinski definition) is 0. The van der Waals surface area contributed by atoms with Gasteiger partial charge in [-0.3, -0.25) is 4.79 Å². The van der Waals surface area contributed by atoms with Gasteiger partial charge in [0.25, 0.3) is 0 Å². The van der Waals surface area contributed by atoms with Crippen molar-refractivity contribution in [3.8, 4) is 0 Å². The molecule has 2 heteroatoms. The number of hydrogen-bond acceptors (Lipinski definition) is 2. The molecular formula is C34H58O2. The van der Waals surface area contributed by atoms with Crippen LogP contribution >= 0.6 is 0 Å². The predicted molar refractivity (Wildman–Crippen MR) is 152 cm³/mol. The zero-order valence-corrected chi connectivity index (χ0v) is 25.1. The van der Waals surface area contributed by atoms with Crippen molar-refractivity contribution in [3.63, 3.8) is 0 Å². The van der Waals surface area contributed by atoms with Gasteiger partial charge >= 0.3 is 5.97 Å². The van der Waals surface area contributed by atoms with Crippen LogP contribution in [0.4, 0.5) is 0 Å². The Morgan fingerprint density at radius 1 is 1.06 bits per heavy atom. The molecule has 4 aliphatic carbocycles. The molecule has 0 aromatic heterocycles. The predicted octanol–water partition coefficient (Wildman–Crippen LogP) is 9.77. The van der Waals surface area contributed by atoms with Gasteiger partial charge in [0, 0.05) is 6.42 Å². The van der Waals surface area contributed by atoms with Gasteiger partial charge < -0.3 is 4.74 Å². The number of allylic oxidation sites excluding steroid dienone is 1. The van der Waals surface area contributed by atoms with E-state index in [0.29, 0.717) is 10.8 Å². The van der Waals surface area contributed by atoms with Crippen molar-refractivity contribution in [1.29, 1.82) is 0 Å². The maximum atomic E-state index is 12.9. The van der Waals surface area contributed by atoms with Crippen LogP contribution in [0.5, 0.6) is 0 Å². The number of ether oxygens (including phenoxy) is 1. The average Bonchev–Trinajstić information content (AvgIpc) is 3.16. The lowest BCUT2D eigenvalue weighted by molar-refractivity contribution is -0.162. The highest BCUT2D eigenvalue weighted by atomic mass is 16.5. The SMILES string of the molecule is CCCC(C)(C)C(=O)O[C@H]1CC[C@@]2(C)C(=CC[C@H]3[C@@H]4CC[C@H]([C@H](C)CCCC(C)C)[C@@]4(C)CC[C@@H]32)C1. The summed E-state index contributed by atoms with van der Waals surface area (Å²) in [6.07, 6.45) is 19.1. The van der Waals surface area contributed by atoms with Gasteiger partial charge in [-0.2, -0.15) is 0 Å². The molecule has 0 N–H and O–H groups in total. The average molecular weight is 499 g/mol. The Kier molecular flexibility index (Phi) is 8.44. The molecule has 36 heavy (non-hydrogen) atoms. The van der Waals surface area contributed by atoms with Crippen LogP contribution in [0.2, 0.25) is 0 Å². The first-order chi connectivity index (χ1) is 16.9. The van der Waals surface area contributed by atoms with Gasteiger partial charge in [-0.15, -0.1) is 0 Å². The largest absolute Gasteiger partial charge is 0.462 e. The Balaban J connectivity index is 1.42. The minimum Gasteiger partial charge on any atom is -0.462 e. The molecule has 3 saturated carbocycles. The highest BCUT2D eigenvalue weighted by Crippen LogP contribution is 2.67. The van der Waals surface area contributed by atoms with Gasteiger partial charge in [0.1, 0.15) is 6.10 Å². The standard InChI is InChI=1S/C34H58O2/c1-9-19-32(5,6)31(35)36-26-17-20-33(7)25(22-26)13-14-27-29-16-15-28(24(4)12-10-11-23(2)3)34(29,8)21-18-30(27)33/h13,23-24,26-30H,9-12,14-22H2,1-8H3/t24-,26+,27+,28-,29+,30+,33+,34-/m1/s1. The summed E-state index contributed by atoms with van der Waals surface area (Å²) >= 11 is 0. The Bertz CT molecular complexity index is 808. The molecule has 0 aliphatic heterocycles. The molecule has 0 radical (unpaired) electrons. The van der Waals surface area contributed by atoms with Gasteiger partial charge in [0.2, 0.25) is 0 Å². The molecule has 2 nitrogen and oxygen atoms in total. The highest BCUT2D eigenvalue weighted by molar-refractivity contribution is 5.76. The van der Waals surface area contributed by atoms with Crippen LogP contribution in [0.15, 0.2) is 11.6 Å². The van der Waals surface area contributed by atoms with E-state index in [1.54, 1.807) is 5.57 Å². The van der Waals surface area contributed by atoms with Crippen LogP contribution in [0, 0.1) is 51.8 Å². The van der Waals surface area contributed by atoms with Crippen LogP contribution in [0.25, 0.3) is 0 Å². The first kappa shape index (κ1) is 28.2. The van der Waals surface area contributed by atoms with Crippen molar-refractivity contribution in [2.75, 3.05) is 0 Å². The van der Waals surface area contributed by atoms with Crippen LogP contribution in [0.3, 0.4) is 0 Å². The Hall–Kier alpha value is -0.790. The number of carbonyl (C=O) groups is 1. The van der Waals surface area contributed by atoms with Crippen molar-refractivity contribution in [3.05, 3.63) is 11.6 Å². The molecule has 3 fully saturated rings. The van der Waals surface area contributed by atoms with Crippen LogP contribution < -0.4 is 0 Å². The van der Waals surface area contributed by atoms with Gasteiger partial charge in [0.05, 0.1) is 5.41 Å². The second-order valence-corrected chi connectivity index (χ2v) is 15.2. The van der Waals surface area contributed by atoms with Gasteiger partial charge in [0.15, 0.2) is 0 Å². The number of rotatable bonds is 9. The lowest BCUT2D eigenvalue weighted by atomic mass is 9.47. The fraction of sp³-hybridized carbons (Fsp3) is 0.912. The van der Waals surface area contributed by atoms with Crippen molar-refractivity contribution in [2.24, 2.45) is 51.8 Å². The van der Waals surface area contributed by atoms with E-state index in [9.17, 15) is 4.79 Å². The van der Waals surface area contributed by atoms with E-state index in [0.717, 1.165) is 61.2 Å². The third-order valence-corrected chi connectivity index (χ3v) is 12.0. The Labute approximate surface area is 223 Å². The fourth-order valence-corrected chi connectivity index (χ4v) is 9.79. The van der Waals surface area contributed by atoms with E-state index in [2.05, 4.69) is 61.5 Å². The maximum absolute atomic E-state index is 12.9. The summed E-state index contributed by atoms with van der Waals surface area (Å²) < 4.78 is 6.13. The Morgan fingerprint density at radius 2 is 1.81 bits per heavy atom. The molecular weight excluding hydrogens is 440 g/mol. The molecule has 0 aromatic carbocycles. The normalized spacial score (nSPS) is 39.1.